The zero-order valence-electron chi connectivity index (χ0n) is 12.2. The lowest BCUT2D eigenvalue weighted by Gasteiger charge is -2.35. The van der Waals surface area contributed by atoms with Crippen LogP contribution in [-0.4, -0.2) is 48.6 Å². The van der Waals surface area contributed by atoms with E-state index in [9.17, 15) is 0 Å². The van der Waals surface area contributed by atoms with E-state index in [4.69, 9.17) is 0 Å². The summed E-state index contributed by atoms with van der Waals surface area (Å²) in [6.07, 6.45) is 6.01. The fourth-order valence-corrected chi connectivity index (χ4v) is 3.28. The van der Waals surface area contributed by atoms with Gasteiger partial charge in [0, 0.05) is 24.1 Å². The zero-order valence-corrected chi connectivity index (χ0v) is 13.0. The molecule has 0 amide bonds. The van der Waals surface area contributed by atoms with Crippen LogP contribution >= 0.6 is 11.8 Å². The Bertz CT molecular complexity index is 213. The van der Waals surface area contributed by atoms with Gasteiger partial charge >= 0.3 is 0 Å². The second kappa shape index (κ2) is 9.88. The number of hydrogen-bond acceptors (Lipinski definition) is 3. The number of piperidine rings is 1. The molecule has 0 aromatic rings. The molecule has 106 valence electrons. The number of thioether (sulfide) groups is 1. The number of likely N-dealkylation sites (tertiary alicyclic amines) is 1. The van der Waals surface area contributed by atoms with Gasteiger partial charge in [0.1, 0.15) is 0 Å². The molecule has 1 atom stereocenters. The maximum atomic E-state index is 3.74. The summed E-state index contributed by atoms with van der Waals surface area (Å²) in [5.74, 6) is 3.15. The summed E-state index contributed by atoms with van der Waals surface area (Å²) in [5, 5.41) is 3.68. The van der Waals surface area contributed by atoms with Crippen LogP contribution < -0.4 is 5.32 Å². The fourth-order valence-electron chi connectivity index (χ4n) is 2.68. The van der Waals surface area contributed by atoms with Crippen molar-refractivity contribution in [1.29, 1.82) is 0 Å². The summed E-state index contributed by atoms with van der Waals surface area (Å²) in [6.45, 7) is 13.4. The maximum Gasteiger partial charge on any atom is 0.0111 e. The Hall–Kier alpha value is 0.01000. The Morgan fingerprint density at radius 1 is 1.44 bits per heavy atom. The van der Waals surface area contributed by atoms with Crippen molar-refractivity contribution in [2.24, 2.45) is 5.92 Å². The molecule has 1 saturated heterocycles. The smallest absolute Gasteiger partial charge is 0.0111 e. The number of nitrogens with one attached hydrogen (secondary N) is 1. The lowest BCUT2D eigenvalue weighted by atomic mass is 9.90. The molecular formula is C15H30N2S. The molecule has 0 spiro atoms. The highest BCUT2D eigenvalue weighted by Gasteiger charge is 2.22. The van der Waals surface area contributed by atoms with Gasteiger partial charge in [0.2, 0.25) is 0 Å². The molecular weight excluding hydrogens is 240 g/mol. The van der Waals surface area contributed by atoms with Crippen molar-refractivity contribution in [1.82, 2.24) is 10.2 Å². The first-order valence-electron chi connectivity index (χ1n) is 7.42. The Morgan fingerprint density at radius 2 is 2.17 bits per heavy atom. The largest absolute Gasteiger partial charge is 0.313 e. The molecule has 1 heterocycles. The second-order valence-electron chi connectivity index (χ2n) is 5.29. The lowest BCUT2D eigenvalue weighted by Crippen LogP contribution is -2.42. The van der Waals surface area contributed by atoms with E-state index in [1.54, 1.807) is 0 Å². The molecule has 1 N–H and O–H groups in total. The number of nitrogens with zero attached hydrogens (tertiary/aromatic N) is 1. The van der Waals surface area contributed by atoms with Crippen molar-refractivity contribution < 1.29 is 0 Å². The highest BCUT2D eigenvalue weighted by molar-refractivity contribution is 7.99. The average Bonchev–Trinajstić information content (AvgIpc) is 2.39. The SMILES string of the molecule is C=CCSCCNC(C)C1CCN(CCC)CC1. The summed E-state index contributed by atoms with van der Waals surface area (Å²) >= 11 is 1.96. The molecule has 1 rings (SSSR count). The van der Waals surface area contributed by atoms with Crippen molar-refractivity contribution in [3.63, 3.8) is 0 Å². The van der Waals surface area contributed by atoms with E-state index >= 15 is 0 Å². The monoisotopic (exact) mass is 270 g/mol. The normalized spacial score (nSPS) is 19.9. The first-order chi connectivity index (χ1) is 8.77. The maximum absolute atomic E-state index is 3.74. The number of rotatable bonds is 9. The molecule has 2 nitrogen and oxygen atoms in total. The first kappa shape index (κ1) is 16.1. The minimum Gasteiger partial charge on any atom is -0.313 e. The summed E-state index contributed by atoms with van der Waals surface area (Å²) in [5.41, 5.74) is 0. The van der Waals surface area contributed by atoms with E-state index in [2.05, 4.69) is 30.6 Å². The average molecular weight is 270 g/mol. The van der Waals surface area contributed by atoms with Crippen LogP contribution in [-0.2, 0) is 0 Å². The van der Waals surface area contributed by atoms with Crippen molar-refractivity contribution in [2.75, 3.05) is 37.7 Å². The molecule has 0 aromatic heterocycles. The Balaban J connectivity index is 2.08. The molecule has 0 aliphatic carbocycles. The van der Waals surface area contributed by atoms with Gasteiger partial charge in [-0.05, 0) is 51.7 Å². The molecule has 1 aliphatic rings. The van der Waals surface area contributed by atoms with E-state index in [1.807, 2.05) is 17.8 Å². The van der Waals surface area contributed by atoms with Crippen molar-refractivity contribution >= 4 is 11.8 Å². The lowest BCUT2D eigenvalue weighted by molar-refractivity contribution is 0.163. The Morgan fingerprint density at radius 3 is 2.78 bits per heavy atom. The van der Waals surface area contributed by atoms with Crippen LogP contribution in [0.15, 0.2) is 12.7 Å². The van der Waals surface area contributed by atoms with Gasteiger partial charge in [0.15, 0.2) is 0 Å². The highest BCUT2D eigenvalue weighted by Crippen LogP contribution is 2.20. The zero-order chi connectivity index (χ0) is 13.2. The Kier molecular flexibility index (Phi) is 8.82. The van der Waals surface area contributed by atoms with Crippen LogP contribution in [0, 0.1) is 5.92 Å². The van der Waals surface area contributed by atoms with Gasteiger partial charge in [-0.1, -0.05) is 13.0 Å². The van der Waals surface area contributed by atoms with Crippen molar-refractivity contribution in [3.8, 4) is 0 Å². The van der Waals surface area contributed by atoms with Gasteiger partial charge in [0.05, 0.1) is 0 Å². The Labute approximate surface area is 118 Å². The summed E-state index contributed by atoms with van der Waals surface area (Å²) in [4.78, 5) is 2.61. The highest BCUT2D eigenvalue weighted by atomic mass is 32.2. The topological polar surface area (TPSA) is 15.3 Å². The van der Waals surface area contributed by atoms with E-state index in [0.717, 1.165) is 18.2 Å². The molecule has 0 radical (unpaired) electrons. The van der Waals surface area contributed by atoms with Gasteiger partial charge in [-0.25, -0.2) is 0 Å². The molecule has 18 heavy (non-hydrogen) atoms. The molecule has 0 saturated carbocycles. The predicted molar refractivity (Wildman–Crippen MR) is 84.4 cm³/mol. The van der Waals surface area contributed by atoms with E-state index in [-0.39, 0.29) is 0 Å². The molecule has 1 unspecified atom stereocenters. The third-order valence-corrected chi connectivity index (χ3v) is 4.79. The van der Waals surface area contributed by atoms with Gasteiger partial charge in [0.25, 0.3) is 0 Å². The van der Waals surface area contributed by atoms with Gasteiger partial charge in [-0.3, -0.25) is 0 Å². The summed E-state index contributed by atoms with van der Waals surface area (Å²) in [7, 11) is 0. The molecule has 0 bridgehead atoms. The van der Waals surface area contributed by atoms with Gasteiger partial charge in [-0.15, -0.1) is 6.58 Å². The van der Waals surface area contributed by atoms with Gasteiger partial charge in [-0.2, -0.15) is 11.8 Å². The molecule has 1 aliphatic heterocycles. The van der Waals surface area contributed by atoms with E-state index in [1.165, 1.54) is 44.6 Å². The van der Waals surface area contributed by atoms with Crippen LogP contribution in [0.3, 0.4) is 0 Å². The van der Waals surface area contributed by atoms with E-state index in [0.29, 0.717) is 6.04 Å². The van der Waals surface area contributed by atoms with E-state index < -0.39 is 0 Å². The minimum atomic E-state index is 0.679. The number of hydrogen-bond donors (Lipinski definition) is 1. The fraction of sp³-hybridized carbons (Fsp3) is 0.867. The second-order valence-corrected chi connectivity index (χ2v) is 6.44. The molecule has 3 heteroatoms. The standard InChI is InChI=1S/C15H30N2S/c1-4-9-17-10-6-15(7-11-17)14(3)16-8-13-18-12-5-2/h5,14-16H,2,4,6-13H2,1,3H3. The minimum absolute atomic E-state index is 0.679. The third-order valence-electron chi connectivity index (χ3n) is 3.83. The van der Waals surface area contributed by atoms with Crippen LogP contribution in [0.5, 0.6) is 0 Å². The van der Waals surface area contributed by atoms with Crippen molar-refractivity contribution in [3.05, 3.63) is 12.7 Å². The quantitative estimate of drug-likeness (QED) is 0.512. The van der Waals surface area contributed by atoms with Crippen LogP contribution in [0.1, 0.15) is 33.1 Å². The predicted octanol–water partition coefficient (Wildman–Crippen LogP) is 3.01. The molecule has 0 aromatic carbocycles. The van der Waals surface area contributed by atoms with Gasteiger partial charge < -0.3 is 10.2 Å². The third kappa shape index (κ3) is 6.26. The van der Waals surface area contributed by atoms with Crippen LogP contribution in [0.25, 0.3) is 0 Å². The van der Waals surface area contributed by atoms with Crippen molar-refractivity contribution in [2.45, 2.75) is 39.2 Å². The first-order valence-corrected chi connectivity index (χ1v) is 8.57. The summed E-state index contributed by atoms with van der Waals surface area (Å²) in [6, 6.07) is 0.679. The summed E-state index contributed by atoms with van der Waals surface area (Å²) < 4.78 is 0. The van der Waals surface area contributed by atoms with Crippen LogP contribution in [0.4, 0.5) is 0 Å². The molecule has 1 fully saturated rings. The van der Waals surface area contributed by atoms with Crippen LogP contribution in [0.2, 0.25) is 0 Å².